The van der Waals surface area contributed by atoms with Crippen LogP contribution in [0.4, 0.5) is 0 Å². The van der Waals surface area contributed by atoms with Crippen LogP contribution in [0.3, 0.4) is 0 Å². The molecule has 0 saturated carbocycles. The van der Waals surface area contributed by atoms with Gasteiger partial charge in [-0.15, -0.1) is 0 Å². The third-order valence-electron chi connectivity index (χ3n) is 3.30. The summed E-state index contributed by atoms with van der Waals surface area (Å²) in [6.45, 7) is 3.88. The number of likely N-dealkylation sites (tertiary alicyclic amines) is 1. The van der Waals surface area contributed by atoms with Crippen LogP contribution in [0.25, 0.3) is 0 Å². The number of nitrogens with zero attached hydrogens (tertiary/aromatic N) is 1. The molecule has 1 aliphatic heterocycles. The van der Waals surface area contributed by atoms with Gasteiger partial charge in [0.1, 0.15) is 6.04 Å². The normalized spacial score (nSPS) is 21.5. The highest BCUT2D eigenvalue weighted by Gasteiger charge is 2.27. The molecule has 0 bridgehead atoms. The van der Waals surface area contributed by atoms with Crippen molar-refractivity contribution in [1.82, 2.24) is 4.90 Å². The van der Waals surface area contributed by atoms with Crippen LogP contribution in [0.1, 0.15) is 32.6 Å². The smallest absolute Gasteiger partial charge is 0.320 e. The van der Waals surface area contributed by atoms with Gasteiger partial charge < -0.3 is 10.2 Å². The van der Waals surface area contributed by atoms with E-state index in [1.54, 1.807) is 0 Å². The summed E-state index contributed by atoms with van der Waals surface area (Å²) in [7, 11) is 0. The van der Waals surface area contributed by atoms with Crippen LogP contribution in [-0.4, -0.2) is 46.8 Å². The number of carbonyl (C=O) groups is 1. The fraction of sp³-hybridized carbons (Fsp3) is 0.909. The Morgan fingerprint density at radius 2 is 2.07 bits per heavy atom. The van der Waals surface area contributed by atoms with Crippen molar-refractivity contribution in [3.8, 4) is 0 Å². The van der Waals surface area contributed by atoms with Crippen LogP contribution in [0.2, 0.25) is 0 Å². The summed E-state index contributed by atoms with van der Waals surface area (Å²) in [5, 5.41) is 17.8. The van der Waals surface area contributed by atoms with Crippen molar-refractivity contribution >= 4 is 5.97 Å². The van der Waals surface area contributed by atoms with E-state index in [4.69, 9.17) is 10.2 Å². The number of carboxylic acids is 1. The molecule has 1 saturated heterocycles. The molecule has 0 aromatic heterocycles. The minimum atomic E-state index is -0.710. The number of rotatable bonds is 5. The molecule has 1 atom stereocenters. The second-order valence-corrected chi connectivity index (χ2v) is 4.25. The molecule has 1 fully saturated rings. The van der Waals surface area contributed by atoms with E-state index < -0.39 is 5.97 Å². The molecule has 0 spiro atoms. The predicted molar refractivity (Wildman–Crippen MR) is 57.7 cm³/mol. The number of aliphatic hydroxyl groups is 1. The molecule has 0 aromatic carbocycles. The van der Waals surface area contributed by atoms with Crippen LogP contribution in [-0.2, 0) is 4.79 Å². The zero-order chi connectivity index (χ0) is 11.3. The Labute approximate surface area is 90.9 Å². The summed E-state index contributed by atoms with van der Waals surface area (Å²) >= 11 is 0. The average molecular weight is 215 g/mol. The van der Waals surface area contributed by atoms with Gasteiger partial charge in [-0.3, -0.25) is 9.69 Å². The van der Waals surface area contributed by atoms with Crippen LogP contribution in [0, 0.1) is 5.92 Å². The van der Waals surface area contributed by atoms with E-state index in [0.717, 1.165) is 32.4 Å². The van der Waals surface area contributed by atoms with E-state index in [2.05, 4.69) is 4.90 Å². The van der Waals surface area contributed by atoms with Gasteiger partial charge in [0.05, 0.1) is 0 Å². The topological polar surface area (TPSA) is 60.8 Å². The van der Waals surface area contributed by atoms with Crippen LogP contribution in [0.15, 0.2) is 0 Å². The molecule has 0 aromatic rings. The highest BCUT2D eigenvalue weighted by molar-refractivity contribution is 5.73. The van der Waals surface area contributed by atoms with Crippen LogP contribution < -0.4 is 0 Å². The Hall–Kier alpha value is -0.610. The largest absolute Gasteiger partial charge is 0.480 e. The van der Waals surface area contributed by atoms with E-state index in [1.807, 2.05) is 6.92 Å². The summed E-state index contributed by atoms with van der Waals surface area (Å²) in [6, 6.07) is -0.319. The van der Waals surface area contributed by atoms with Gasteiger partial charge in [-0.2, -0.15) is 0 Å². The van der Waals surface area contributed by atoms with E-state index in [1.165, 1.54) is 0 Å². The van der Waals surface area contributed by atoms with E-state index in [9.17, 15) is 4.79 Å². The number of aliphatic hydroxyl groups excluding tert-OH is 1. The molecule has 1 aliphatic rings. The number of carboxylic acid groups (broad SMARTS) is 1. The molecular formula is C11H21NO3. The lowest BCUT2D eigenvalue weighted by Crippen LogP contribution is -2.45. The summed E-state index contributed by atoms with van der Waals surface area (Å²) in [6.07, 6.45) is 3.56. The average Bonchev–Trinajstić information content (AvgIpc) is 2.21. The maximum atomic E-state index is 11.0. The standard InChI is InChI=1S/C11H21NO3/c1-2-10(11(14)15)12-6-3-9(4-7-12)5-8-13/h9-10,13H,2-8H2,1H3,(H,14,15). The first-order valence-corrected chi connectivity index (χ1v) is 5.76. The number of aliphatic carboxylic acids is 1. The molecule has 0 amide bonds. The highest BCUT2D eigenvalue weighted by atomic mass is 16.4. The first-order chi connectivity index (χ1) is 7.19. The highest BCUT2D eigenvalue weighted by Crippen LogP contribution is 2.22. The minimum Gasteiger partial charge on any atom is -0.480 e. The van der Waals surface area contributed by atoms with Crippen molar-refractivity contribution in [2.45, 2.75) is 38.6 Å². The zero-order valence-corrected chi connectivity index (χ0v) is 9.35. The predicted octanol–water partition coefficient (Wildman–Crippen LogP) is 0.944. The van der Waals surface area contributed by atoms with Crippen LogP contribution >= 0.6 is 0 Å². The summed E-state index contributed by atoms with van der Waals surface area (Å²) < 4.78 is 0. The van der Waals surface area contributed by atoms with Crippen molar-refractivity contribution in [2.75, 3.05) is 19.7 Å². The Balaban J connectivity index is 2.38. The van der Waals surface area contributed by atoms with Gasteiger partial charge in [0.25, 0.3) is 0 Å². The molecule has 4 heteroatoms. The van der Waals surface area contributed by atoms with E-state index >= 15 is 0 Å². The Kier molecular flexibility index (Phi) is 5.05. The Morgan fingerprint density at radius 1 is 1.47 bits per heavy atom. The van der Waals surface area contributed by atoms with Gasteiger partial charge >= 0.3 is 5.97 Å². The molecule has 1 unspecified atom stereocenters. The second kappa shape index (κ2) is 6.08. The molecule has 4 nitrogen and oxygen atoms in total. The Morgan fingerprint density at radius 3 is 2.47 bits per heavy atom. The van der Waals surface area contributed by atoms with Gasteiger partial charge in [0, 0.05) is 6.61 Å². The molecule has 1 heterocycles. The first kappa shape index (κ1) is 12.5. The number of hydrogen-bond donors (Lipinski definition) is 2. The van der Waals surface area contributed by atoms with E-state index in [0.29, 0.717) is 12.3 Å². The minimum absolute atomic E-state index is 0.251. The summed E-state index contributed by atoms with van der Waals surface area (Å²) in [5.74, 6) is -0.129. The fourth-order valence-electron chi connectivity index (χ4n) is 2.32. The fourth-order valence-corrected chi connectivity index (χ4v) is 2.32. The van der Waals surface area contributed by atoms with Crippen LogP contribution in [0.5, 0.6) is 0 Å². The maximum Gasteiger partial charge on any atom is 0.320 e. The van der Waals surface area contributed by atoms with Gasteiger partial charge in [0.2, 0.25) is 0 Å². The summed E-state index contributed by atoms with van der Waals surface area (Å²) in [5.41, 5.74) is 0. The molecular weight excluding hydrogens is 194 g/mol. The number of hydrogen-bond acceptors (Lipinski definition) is 3. The van der Waals surface area contributed by atoms with Crippen molar-refractivity contribution in [3.63, 3.8) is 0 Å². The number of piperidine rings is 1. The van der Waals surface area contributed by atoms with Crippen molar-refractivity contribution in [2.24, 2.45) is 5.92 Å². The second-order valence-electron chi connectivity index (χ2n) is 4.25. The lowest BCUT2D eigenvalue weighted by molar-refractivity contribution is -0.144. The van der Waals surface area contributed by atoms with Gasteiger partial charge in [-0.05, 0) is 44.7 Å². The Bertz CT molecular complexity index is 200. The lowest BCUT2D eigenvalue weighted by Gasteiger charge is -2.35. The third kappa shape index (κ3) is 3.47. The first-order valence-electron chi connectivity index (χ1n) is 5.76. The molecule has 15 heavy (non-hydrogen) atoms. The molecule has 88 valence electrons. The SMILES string of the molecule is CCC(C(=O)O)N1CCC(CCO)CC1. The van der Waals surface area contributed by atoms with Crippen molar-refractivity contribution < 1.29 is 15.0 Å². The summed E-state index contributed by atoms with van der Waals surface area (Å²) in [4.78, 5) is 13.0. The van der Waals surface area contributed by atoms with E-state index in [-0.39, 0.29) is 12.6 Å². The van der Waals surface area contributed by atoms with Gasteiger partial charge in [0.15, 0.2) is 0 Å². The monoisotopic (exact) mass is 215 g/mol. The molecule has 2 N–H and O–H groups in total. The zero-order valence-electron chi connectivity index (χ0n) is 9.35. The molecule has 0 aliphatic carbocycles. The van der Waals surface area contributed by atoms with Gasteiger partial charge in [-0.1, -0.05) is 6.92 Å². The third-order valence-corrected chi connectivity index (χ3v) is 3.30. The molecule has 0 radical (unpaired) electrons. The molecule has 1 rings (SSSR count). The lowest BCUT2D eigenvalue weighted by atomic mass is 9.93. The van der Waals surface area contributed by atoms with Crippen molar-refractivity contribution in [1.29, 1.82) is 0 Å². The van der Waals surface area contributed by atoms with Crippen molar-refractivity contribution in [3.05, 3.63) is 0 Å². The maximum absolute atomic E-state index is 11.0. The van der Waals surface area contributed by atoms with Gasteiger partial charge in [-0.25, -0.2) is 0 Å². The quantitative estimate of drug-likeness (QED) is 0.716.